The highest BCUT2D eigenvalue weighted by atomic mass is 32.2. The lowest BCUT2D eigenvalue weighted by Crippen LogP contribution is -2.53. The number of Topliss-reactive ketones (excluding diaryl/α,β-unsaturated/α-hetero) is 1. The molecule has 0 bridgehead atoms. The number of benzene rings is 1. The van der Waals surface area contributed by atoms with E-state index in [4.69, 9.17) is 0 Å². The third-order valence-electron chi connectivity index (χ3n) is 3.93. The Labute approximate surface area is 167 Å². The molecule has 2 heterocycles. The van der Waals surface area contributed by atoms with Gasteiger partial charge in [0.05, 0.1) is 16.9 Å². The molecular weight excluding hydrogens is 412 g/mol. The second-order valence-electron chi connectivity index (χ2n) is 5.89. The van der Waals surface area contributed by atoms with Crippen molar-refractivity contribution >= 4 is 34.8 Å². The maximum Gasteiger partial charge on any atom is 0.433 e. The standard InChI is InChI=1S/C18H14F4N4O2S/c1-29-17(24-11-4-2-10(19)3-5-11)15-13(27)9-26(25-16(15)28)12-6-7-14(23-8-12)18(20,21)22/h2-8,24H,9H2,1H3,(H,25,28). The van der Waals surface area contributed by atoms with Gasteiger partial charge in [-0.3, -0.25) is 20.0 Å². The van der Waals surface area contributed by atoms with Crippen molar-refractivity contribution in [2.24, 2.45) is 0 Å². The molecule has 0 atom stereocenters. The SMILES string of the molecule is CSC(Nc1ccc(F)cc1)=C1C(=O)CN(c2ccc(C(F)(F)F)nc2)NC1=O. The van der Waals surface area contributed by atoms with Gasteiger partial charge in [0.1, 0.15) is 23.6 Å². The van der Waals surface area contributed by atoms with Crippen LogP contribution in [0.2, 0.25) is 0 Å². The minimum atomic E-state index is -4.59. The van der Waals surface area contributed by atoms with Crippen LogP contribution in [-0.4, -0.2) is 29.5 Å². The summed E-state index contributed by atoms with van der Waals surface area (Å²) >= 11 is 1.12. The summed E-state index contributed by atoms with van der Waals surface area (Å²) in [5.74, 6) is -1.69. The Bertz CT molecular complexity index is 939. The van der Waals surface area contributed by atoms with E-state index in [0.717, 1.165) is 35.1 Å². The second kappa shape index (κ2) is 8.11. The first-order valence-electron chi connectivity index (χ1n) is 8.15. The van der Waals surface area contributed by atoms with E-state index in [0.29, 0.717) is 5.69 Å². The molecule has 29 heavy (non-hydrogen) atoms. The van der Waals surface area contributed by atoms with Gasteiger partial charge < -0.3 is 5.32 Å². The zero-order chi connectivity index (χ0) is 21.2. The maximum atomic E-state index is 13.0. The fourth-order valence-corrected chi connectivity index (χ4v) is 3.18. The summed E-state index contributed by atoms with van der Waals surface area (Å²) in [6, 6.07) is 7.25. The summed E-state index contributed by atoms with van der Waals surface area (Å²) in [6.45, 7) is -0.288. The molecule has 1 aromatic heterocycles. The number of anilines is 2. The summed E-state index contributed by atoms with van der Waals surface area (Å²) < 4.78 is 50.9. The van der Waals surface area contributed by atoms with Crippen molar-refractivity contribution in [3.05, 3.63) is 64.7 Å². The van der Waals surface area contributed by atoms with Gasteiger partial charge >= 0.3 is 6.18 Å². The minimum Gasteiger partial charge on any atom is -0.349 e. The maximum absolute atomic E-state index is 13.0. The Morgan fingerprint density at radius 1 is 1.17 bits per heavy atom. The lowest BCUT2D eigenvalue weighted by Gasteiger charge is -2.30. The number of pyridine rings is 1. The Balaban J connectivity index is 1.81. The lowest BCUT2D eigenvalue weighted by atomic mass is 10.1. The number of carbonyl (C=O) groups excluding carboxylic acids is 2. The molecule has 2 N–H and O–H groups in total. The van der Waals surface area contributed by atoms with Crippen molar-refractivity contribution in [2.45, 2.75) is 6.18 Å². The molecule has 152 valence electrons. The Morgan fingerprint density at radius 3 is 2.38 bits per heavy atom. The molecule has 1 saturated heterocycles. The third-order valence-corrected chi connectivity index (χ3v) is 4.64. The zero-order valence-corrected chi connectivity index (χ0v) is 15.7. The van der Waals surface area contributed by atoms with E-state index in [1.165, 1.54) is 24.3 Å². The van der Waals surface area contributed by atoms with Crippen LogP contribution in [0.3, 0.4) is 0 Å². The van der Waals surface area contributed by atoms with Crippen molar-refractivity contribution in [3.63, 3.8) is 0 Å². The number of rotatable bonds is 4. The molecule has 1 fully saturated rings. The van der Waals surface area contributed by atoms with Crippen LogP contribution < -0.4 is 15.8 Å². The van der Waals surface area contributed by atoms with Gasteiger partial charge in [-0.25, -0.2) is 9.37 Å². The highest BCUT2D eigenvalue weighted by Gasteiger charge is 2.34. The Hall–Kier alpha value is -3.08. The summed E-state index contributed by atoms with van der Waals surface area (Å²) in [6.07, 6.45) is -2.00. The number of halogens is 4. The molecule has 1 aliphatic rings. The minimum absolute atomic E-state index is 0.127. The highest BCUT2D eigenvalue weighted by molar-refractivity contribution is 8.02. The number of nitrogens with zero attached hydrogens (tertiary/aromatic N) is 2. The van der Waals surface area contributed by atoms with Crippen LogP contribution in [-0.2, 0) is 15.8 Å². The summed E-state index contributed by atoms with van der Waals surface area (Å²) in [5.41, 5.74) is 1.88. The van der Waals surface area contributed by atoms with Gasteiger partial charge in [-0.15, -0.1) is 11.8 Å². The number of amides is 1. The Kier molecular flexibility index (Phi) is 5.78. The first-order chi connectivity index (χ1) is 13.7. The highest BCUT2D eigenvalue weighted by Crippen LogP contribution is 2.29. The average Bonchev–Trinajstić information content (AvgIpc) is 2.67. The smallest absolute Gasteiger partial charge is 0.349 e. The number of ketones is 1. The van der Waals surface area contributed by atoms with Crippen LogP contribution in [0.5, 0.6) is 0 Å². The number of aromatic nitrogens is 1. The van der Waals surface area contributed by atoms with E-state index < -0.39 is 29.4 Å². The molecule has 1 aromatic carbocycles. The molecule has 2 aromatic rings. The van der Waals surface area contributed by atoms with Crippen LogP contribution in [0.4, 0.5) is 28.9 Å². The van der Waals surface area contributed by atoms with Crippen LogP contribution in [0.15, 0.2) is 53.2 Å². The first-order valence-corrected chi connectivity index (χ1v) is 9.37. The molecule has 6 nitrogen and oxygen atoms in total. The molecule has 0 spiro atoms. The third kappa shape index (κ3) is 4.67. The van der Waals surface area contributed by atoms with Gasteiger partial charge in [0.15, 0.2) is 5.78 Å². The van der Waals surface area contributed by atoms with Gasteiger partial charge in [-0.2, -0.15) is 13.2 Å². The first kappa shape index (κ1) is 20.6. The number of hydrazine groups is 1. The second-order valence-corrected chi connectivity index (χ2v) is 6.71. The molecule has 0 saturated carbocycles. The predicted molar refractivity (Wildman–Crippen MR) is 100 cm³/mol. The van der Waals surface area contributed by atoms with Gasteiger partial charge in [-0.05, 0) is 42.7 Å². The number of nitrogens with one attached hydrogen (secondary N) is 2. The molecule has 1 aliphatic heterocycles. The van der Waals surface area contributed by atoms with Crippen molar-refractivity contribution in [3.8, 4) is 0 Å². The lowest BCUT2D eigenvalue weighted by molar-refractivity contribution is -0.141. The summed E-state index contributed by atoms with van der Waals surface area (Å²) in [7, 11) is 0. The molecule has 0 radical (unpaired) electrons. The Morgan fingerprint density at radius 2 is 1.86 bits per heavy atom. The van der Waals surface area contributed by atoms with Gasteiger partial charge in [-0.1, -0.05) is 0 Å². The van der Waals surface area contributed by atoms with Crippen LogP contribution in [0.1, 0.15) is 5.69 Å². The fourth-order valence-electron chi connectivity index (χ4n) is 2.55. The topological polar surface area (TPSA) is 74.3 Å². The largest absolute Gasteiger partial charge is 0.433 e. The number of thioether (sulfide) groups is 1. The molecule has 1 amide bonds. The zero-order valence-electron chi connectivity index (χ0n) is 14.9. The van der Waals surface area contributed by atoms with Crippen LogP contribution >= 0.6 is 11.8 Å². The van der Waals surface area contributed by atoms with Crippen LogP contribution in [0, 0.1) is 5.82 Å². The monoisotopic (exact) mass is 426 g/mol. The quantitative estimate of drug-likeness (QED) is 0.444. The number of alkyl halides is 3. The van der Waals surface area contributed by atoms with E-state index in [1.807, 2.05) is 0 Å². The summed E-state index contributed by atoms with van der Waals surface area (Å²) in [5, 5.41) is 4.29. The number of carbonyl (C=O) groups is 2. The molecule has 11 heteroatoms. The average molecular weight is 426 g/mol. The fraction of sp³-hybridized carbons (Fsp3) is 0.167. The van der Waals surface area contributed by atoms with Gasteiger partial charge in [0.25, 0.3) is 5.91 Å². The van der Waals surface area contributed by atoms with E-state index >= 15 is 0 Å². The molecule has 0 unspecified atom stereocenters. The molecule has 3 rings (SSSR count). The molecular formula is C18H14F4N4O2S. The van der Waals surface area contributed by atoms with Gasteiger partial charge in [0.2, 0.25) is 0 Å². The van der Waals surface area contributed by atoms with Crippen molar-refractivity contribution in [1.29, 1.82) is 0 Å². The number of hydrogen-bond donors (Lipinski definition) is 2. The van der Waals surface area contributed by atoms with E-state index in [9.17, 15) is 27.2 Å². The van der Waals surface area contributed by atoms with Crippen molar-refractivity contribution in [1.82, 2.24) is 10.4 Å². The van der Waals surface area contributed by atoms with E-state index in [1.54, 1.807) is 6.26 Å². The van der Waals surface area contributed by atoms with E-state index in [2.05, 4.69) is 15.7 Å². The van der Waals surface area contributed by atoms with Crippen molar-refractivity contribution < 1.29 is 27.2 Å². The summed E-state index contributed by atoms with van der Waals surface area (Å²) in [4.78, 5) is 28.4. The molecule has 0 aliphatic carbocycles. The number of hydrogen-bond acceptors (Lipinski definition) is 6. The van der Waals surface area contributed by atoms with Crippen LogP contribution in [0.25, 0.3) is 0 Å². The van der Waals surface area contributed by atoms with E-state index in [-0.39, 0.29) is 22.8 Å². The normalized spacial score (nSPS) is 16.5. The van der Waals surface area contributed by atoms with Gasteiger partial charge in [0, 0.05) is 5.69 Å². The van der Waals surface area contributed by atoms with Crippen molar-refractivity contribution in [2.75, 3.05) is 23.1 Å². The predicted octanol–water partition coefficient (Wildman–Crippen LogP) is 3.35.